The second-order valence-electron chi connectivity index (χ2n) is 5.92. The van der Waals surface area contributed by atoms with Gasteiger partial charge in [0.1, 0.15) is 5.75 Å². The Balaban J connectivity index is 1.70. The van der Waals surface area contributed by atoms with Gasteiger partial charge in [0.2, 0.25) is 0 Å². The zero-order valence-electron chi connectivity index (χ0n) is 12.3. The van der Waals surface area contributed by atoms with Crippen molar-refractivity contribution in [2.24, 2.45) is 5.41 Å². The van der Waals surface area contributed by atoms with Crippen LogP contribution in [0.5, 0.6) is 5.75 Å². The highest BCUT2D eigenvalue weighted by atomic mass is 31.2. The largest absolute Gasteiger partial charge is 0.427 e. The van der Waals surface area contributed by atoms with Gasteiger partial charge >= 0.3 is 8.60 Å². The summed E-state index contributed by atoms with van der Waals surface area (Å²) in [6, 6.07) is 18.2. The van der Waals surface area contributed by atoms with Crippen LogP contribution >= 0.6 is 8.60 Å². The van der Waals surface area contributed by atoms with E-state index in [2.05, 4.69) is 32.0 Å². The molecule has 0 unspecified atom stereocenters. The number of rotatable bonds is 3. The lowest BCUT2D eigenvalue weighted by Crippen LogP contribution is -2.28. The Morgan fingerprint density at radius 1 is 0.905 bits per heavy atom. The molecule has 21 heavy (non-hydrogen) atoms. The second-order valence-corrected chi connectivity index (χ2v) is 7.07. The first-order valence-electron chi connectivity index (χ1n) is 7.02. The lowest BCUT2D eigenvalue weighted by atomic mass is 9.97. The van der Waals surface area contributed by atoms with Crippen molar-refractivity contribution in [2.45, 2.75) is 13.8 Å². The predicted molar refractivity (Wildman–Crippen MR) is 85.1 cm³/mol. The fourth-order valence-electron chi connectivity index (χ4n) is 2.04. The normalized spacial score (nSPS) is 18.4. The van der Waals surface area contributed by atoms with E-state index in [1.165, 1.54) is 5.56 Å². The Hall–Kier alpha value is -1.41. The highest BCUT2D eigenvalue weighted by Gasteiger charge is 2.31. The van der Waals surface area contributed by atoms with E-state index in [0.29, 0.717) is 13.2 Å². The maximum absolute atomic E-state index is 5.83. The zero-order chi connectivity index (χ0) is 14.7. The summed E-state index contributed by atoms with van der Waals surface area (Å²) in [5, 5.41) is 0. The van der Waals surface area contributed by atoms with Gasteiger partial charge in [0.05, 0.1) is 13.2 Å². The monoisotopic (exact) mass is 302 g/mol. The quantitative estimate of drug-likeness (QED) is 0.744. The van der Waals surface area contributed by atoms with E-state index in [9.17, 15) is 0 Å². The van der Waals surface area contributed by atoms with Crippen LogP contribution in [0.3, 0.4) is 0 Å². The SMILES string of the molecule is CC1(C)COP(Oc2cccc(-c3ccccc3)c2)OC1. The molecule has 1 aliphatic rings. The fourth-order valence-corrected chi connectivity index (χ4v) is 3.41. The molecular weight excluding hydrogens is 283 g/mol. The molecule has 3 nitrogen and oxygen atoms in total. The molecule has 3 rings (SSSR count). The molecule has 0 atom stereocenters. The minimum absolute atomic E-state index is 0.0636. The van der Waals surface area contributed by atoms with Crippen LogP contribution in [0.4, 0.5) is 0 Å². The molecule has 0 spiro atoms. The molecule has 0 saturated carbocycles. The van der Waals surface area contributed by atoms with Crippen LogP contribution in [0.1, 0.15) is 13.8 Å². The Morgan fingerprint density at radius 2 is 1.57 bits per heavy atom. The van der Waals surface area contributed by atoms with Gasteiger partial charge in [-0.2, -0.15) is 0 Å². The first kappa shape index (κ1) is 14.5. The highest BCUT2D eigenvalue weighted by molar-refractivity contribution is 7.42. The molecule has 1 saturated heterocycles. The van der Waals surface area contributed by atoms with Gasteiger partial charge in [0.15, 0.2) is 0 Å². The predicted octanol–water partition coefficient (Wildman–Crippen LogP) is 5.03. The van der Waals surface area contributed by atoms with Crippen molar-refractivity contribution in [1.82, 2.24) is 0 Å². The molecule has 2 aromatic rings. The molecule has 4 heteroatoms. The minimum Gasteiger partial charge on any atom is -0.427 e. The van der Waals surface area contributed by atoms with Gasteiger partial charge in [0, 0.05) is 5.41 Å². The van der Waals surface area contributed by atoms with Crippen molar-refractivity contribution in [3.8, 4) is 16.9 Å². The van der Waals surface area contributed by atoms with Gasteiger partial charge in [-0.3, -0.25) is 0 Å². The third kappa shape index (κ3) is 3.82. The molecule has 0 N–H and O–H groups in total. The third-order valence-electron chi connectivity index (χ3n) is 3.24. The number of hydrogen-bond donors (Lipinski definition) is 0. The Labute approximate surface area is 126 Å². The lowest BCUT2D eigenvalue weighted by molar-refractivity contribution is 0.0426. The van der Waals surface area contributed by atoms with Gasteiger partial charge < -0.3 is 13.6 Å². The van der Waals surface area contributed by atoms with Crippen LogP contribution in [0.25, 0.3) is 11.1 Å². The highest BCUT2D eigenvalue weighted by Crippen LogP contribution is 2.47. The van der Waals surface area contributed by atoms with E-state index >= 15 is 0 Å². The lowest BCUT2D eigenvalue weighted by Gasteiger charge is -2.32. The van der Waals surface area contributed by atoms with Crippen molar-refractivity contribution < 1.29 is 13.6 Å². The van der Waals surface area contributed by atoms with E-state index in [1.807, 2.05) is 36.4 Å². The maximum Gasteiger partial charge on any atom is 0.397 e. The van der Waals surface area contributed by atoms with Gasteiger partial charge in [-0.05, 0) is 23.3 Å². The summed E-state index contributed by atoms with van der Waals surface area (Å²) >= 11 is 0. The van der Waals surface area contributed by atoms with E-state index in [1.54, 1.807) is 0 Å². The Morgan fingerprint density at radius 3 is 2.29 bits per heavy atom. The summed E-state index contributed by atoms with van der Waals surface area (Å²) in [5.41, 5.74) is 2.36. The van der Waals surface area contributed by atoms with Crippen LogP contribution in [0.15, 0.2) is 54.6 Å². The van der Waals surface area contributed by atoms with Crippen LogP contribution in [-0.4, -0.2) is 13.2 Å². The molecule has 1 fully saturated rings. The molecule has 0 radical (unpaired) electrons. The molecule has 0 bridgehead atoms. The van der Waals surface area contributed by atoms with Gasteiger partial charge in [-0.1, -0.05) is 56.3 Å². The summed E-state index contributed by atoms with van der Waals surface area (Å²) in [6.07, 6.45) is 0. The van der Waals surface area contributed by atoms with Crippen molar-refractivity contribution >= 4 is 8.60 Å². The minimum atomic E-state index is -1.29. The summed E-state index contributed by atoms with van der Waals surface area (Å²) in [6.45, 7) is 5.57. The molecule has 1 heterocycles. The van der Waals surface area contributed by atoms with Gasteiger partial charge in [0.25, 0.3) is 0 Å². The summed E-state index contributed by atoms with van der Waals surface area (Å²) in [4.78, 5) is 0. The van der Waals surface area contributed by atoms with Crippen LogP contribution in [0.2, 0.25) is 0 Å². The molecule has 0 aromatic heterocycles. The topological polar surface area (TPSA) is 27.7 Å². The summed E-state index contributed by atoms with van der Waals surface area (Å²) in [5.74, 6) is 0.780. The second kappa shape index (κ2) is 6.15. The van der Waals surface area contributed by atoms with Crippen LogP contribution in [-0.2, 0) is 9.05 Å². The molecule has 1 aliphatic heterocycles. The fraction of sp³-hybridized carbons (Fsp3) is 0.294. The zero-order valence-corrected chi connectivity index (χ0v) is 13.2. The standard InChI is InChI=1S/C17H19O3P/c1-17(2)12-18-21(19-13-17)20-16-10-6-9-15(11-16)14-7-4-3-5-8-14/h3-11H,12-13H2,1-2H3. The van der Waals surface area contributed by atoms with E-state index < -0.39 is 8.60 Å². The number of hydrogen-bond acceptors (Lipinski definition) is 3. The van der Waals surface area contributed by atoms with E-state index in [4.69, 9.17) is 13.6 Å². The van der Waals surface area contributed by atoms with E-state index in [0.717, 1.165) is 11.3 Å². The van der Waals surface area contributed by atoms with Crippen LogP contribution in [0, 0.1) is 5.41 Å². The van der Waals surface area contributed by atoms with Gasteiger partial charge in [-0.15, -0.1) is 0 Å². The van der Waals surface area contributed by atoms with Crippen molar-refractivity contribution in [1.29, 1.82) is 0 Å². The first-order valence-corrected chi connectivity index (χ1v) is 8.11. The van der Waals surface area contributed by atoms with Crippen LogP contribution < -0.4 is 4.52 Å². The maximum atomic E-state index is 5.83. The molecule has 110 valence electrons. The van der Waals surface area contributed by atoms with E-state index in [-0.39, 0.29) is 5.41 Å². The molecule has 2 aromatic carbocycles. The summed E-state index contributed by atoms with van der Waals surface area (Å²) < 4.78 is 17.2. The Kier molecular flexibility index (Phi) is 4.25. The third-order valence-corrected chi connectivity index (χ3v) is 4.28. The molecule has 0 amide bonds. The molecule has 0 aliphatic carbocycles. The van der Waals surface area contributed by atoms with Crippen molar-refractivity contribution in [3.05, 3.63) is 54.6 Å². The number of benzene rings is 2. The average molecular weight is 302 g/mol. The van der Waals surface area contributed by atoms with Crippen molar-refractivity contribution in [2.75, 3.05) is 13.2 Å². The first-order chi connectivity index (χ1) is 10.1. The summed E-state index contributed by atoms with van der Waals surface area (Å²) in [7, 11) is -1.29. The van der Waals surface area contributed by atoms with Crippen molar-refractivity contribution in [3.63, 3.8) is 0 Å². The molecular formula is C17H19O3P. The van der Waals surface area contributed by atoms with Gasteiger partial charge in [-0.25, -0.2) is 0 Å². The Bertz CT molecular complexity index is 588. The smallest absolute Gasteiger partial charge is 0.397 e. The average Bonchev–Trinajstić information content (AvgIpc) is 2.51.